The van der Waals surface area contributed by atoms with Gasteiger partial charge in [0.05, 0.1) is 5.52 Å². The van der Waals surface area contributed by atoms with E-state index in [-0.39, 0.29) is 11.7 Å². The molecule has 1 aromatic carbocycles. The van der Waals surface area contributed by atoms with Crippen molar-refractivity contribution in [2.75, 3.05) is 19.3 Å². The first-order chi connectivity index (χ1) is 15.1. The summed E-state index contributed by atoms with van der Waals surface area (Å²) in [5, 5.41) is 4.04. The number of nitrogens with one attached hydrogen (secondary N) is 2. The molecule has 0 amide bonds. The number of halogens is 1. The second kappa shape index (κ2) is 10.2. The molecule has 0 fully saturated rings. The summed E-state index contributed by atoms with van der Waals surface area (Å²) < 4.78 is 17.2. The molecule has 0 saturated heterocycles. The SMILES string of the molecule is C=CC.CCCC(CCNC)c1nc(-c2ccc3cc[nH]c3c2F)c2c(N)nccn12. The predicted octanol–water partition coefficient (Wildman–Crippen LogP) is 5.28. The van der Waals surface area contributed by atoms with Gasteiger partial charge in [0.25, 0.3) is 0 Å². The third-order valence-electron chi connectivity index (χ3n) is 5.28. The Morgan fingerprint density at radius 1 is 1.32 bits per heavy atom. The summed E-state index contributed by atoms with van der Waals surface area (Å²) in [4.78, 5) is 12.1. The van der Waals surface area contributed by atoms with Gasteiger partial charge < -0.3 is 16.0 Å². The lowest BCUT2D eigenvalue weighted by Crippen LogP contribution is -2.14. The summed E-state index contributed by atoms with van der Waals surface area (Å²) in [6, 6.07) is 5.52. The smallest absolute Gasteiger partial charge is 0.156 e. The van der Waals surface area contributed by atoms with Crippen molar-refractivity contribution in [3.8, 4) is 11.3 Å². The molecule has 4 rings (SSSR count). The van der Waals surface area contributed by atoms with Crippen molar-refractivity contribution in [2.45, 2.75) is 39.0 Å². The number of aromatic amines is 1. The number of anilines is 1. The Morgan fingerprint density at radius 2 is 2.10 bits per heavy atom. The molecule has 0 bridgehead atoms. The maximum Gasteiger partial charge on any atom is 0.156 e. The highest BCUT2D eigenvalue weighted by atomic mass is 19.1. The fraction of sp³-hybridized carbons (Fsp3) is 0.333. The number of rotatable bonds is 7. The summed E-state index contributed by atoms with van der Waals surface area (Å²) >= 11 is 0. The average molecular weight is 423 g/mol. The fourth-order valence-electron chi connectivity index (χ4n) is 3.91. The van der Waals surface area contributed by atoms with Crippen LogP contribution in [0.2, 0.25) is 0 Å². The minimum absolute atomic E-state index is 0.248. The Kier molecular flexibility index (Phi) is 7.41. The first kappa shape index (κ1) is 22.5. The first-order valence-electron chi connectivity index (χ1n) is 10.7. The fourth-order valence-corrected chi connectivity index (χ4v) is 3.91. The van der Waals surface area contributed by atoms with Gasteiger partial charge in [0, 0.05) is 35.5 Å². The molecule has 0 spiro atoms. The van der Waals surface area contributed by atoms with Crippen LogP contribution in [0.1, 0.15) is 44.9 Å². The topological polar surface area (TPSA) is 84.0 Å². The molecular formula is C24H31FN6. The van der Waals surface area contributed by atoms with Crippen LogP contribution in [0.15, 0.2) is 49.4 Å². The molecule has 3 aromatic heterocycles. The number of hydrogen-bond donors (Lipinski definition) is 3. The summed E-state index contributed by atoms with van der Waals surface area (Å²) in [6.07, 6.45) is 10.0. The second-order valence-electron chi connectivity index (χ2n) is 7.50. The summed E-state index contributed by atoms with van der Waals surface area (Å²) in [5.41, 5.74) is 8.32. The monoisotopic (exact) mass is 422 g/mol. The van der Waals surface area contributed by atoms with Crippen molar-refractivity contribution in [3.05, 3.63) is 61.1 Å². The van der Waals surface area contributed by atoms with Crippen molar-refractivity contribution in [2.24, 2.45) is 0 Å². The zero-order valence-corrected chi connectivity index (χ0v) is 18.5. The van der Waals surface area contributed by atoms with E-state index in [1.165, 1.54) is 0 Å². The summed E-state index contributed by atoms with van der Waals surface area (Å²) in [5.74, 6) is 1.19. The molecule has 0 aliphatic rings. The molecule has 0 radical (unpaired) electrons. The van der Waals surface area contributed by atoms with Crippen LogP contribution in [-0.4, -0.2) is 32.9 Å². The molecule has 1 atom stereocenters. The molecule has 164 valence electrons. The van der Waals surface area contributed by atoms with E-state index >= 15 is 4.39 Å². The Hall–Kier alpha value is -3.19. The van der Waals surface area contributed by atoms with Crippen molar-refractivity contribution in [3.63, 3.8) is 0 Å². The van der Waals surface area contributed by atoms with Crippen molar-refractivity contribution in [1.29, 1.82) is 0 Å². The number of nitrogens with zero attached hydrogens (tertiary/aromatic N) is 3. The number of fused-ring (bicyclic) bond motifs is 2. The number of aromatic nitrogens is 4. The highest BCUT2D eigenvalue weighted by molar-refractivity contribution is 5.91. The van der Waals surface area contributed by atoms with Crippen molar-refractivity contribution < 1.29 is 4.39 Å². The predicted molar refractivity (Wildman–Crippen MR) is 127 cm³/mol. The zero-order chi connectivity index (χ0) is 22.4. The molecule has 7 heteroatoms. The molecule has 0 aliphatic carbocycles. The van der Waals surface area contributed by atoms with Gasteiger partial charge in [0.1, 0.15) is 22.9 Å². The number of nitrogens with two attached hydrogens (primary N) is 1. The Balaban J connectivity index is 0.000000858. The van der Waals surface area contributed by atoms with E-state index < -0.39 is 0 Å². The van der Waals surface area contributed by atoms with Crippen LogP contribution in [0.4, 0.5) is 10.2 Å². The van der Waals surface area contributed by atoms with Crippen molar-refractivity contribution in [1.82, 2.24) is 24.7 Å². The van der Waals surface area contributed by atoms with E-state index in [9.17, 15) is 0 Å². The number of H-pyrrole nitrogens is 1. The number of allylic oxidation sites excluding steroid dienone is 1. The highest BCUT2D eigenvalue weighted by Crippen LogP contribution is 2.35. The lowest BCUT2D eigenvalue weighted by Gasteiger charge is -2.15. The van der Waals surface area contributed by atoms with Gasteiger partial charge >= 0.3 is 0 Å². The zero-order valence-electron chi connectivity index (χ0n) is 18.5. The molecule has 0 saturated carbocycles. The molecular weight excluding hydrogens is 391 g/mol. The summed E-state index contributed by atoms with van der Waals surface area (Å²) in [6.45, 7) is 8.30. The van der Waals surface area contributed by atoms with Gasteiger partial charge in [-0.2, -0.15) is 0 Å². The van der Waals surface area contributed by atoms with E-state index in [1.54, 1.807) is 24.5 Å². The van der Waals surface area contributed by atoms with Crippen LogP contribution in [-0.2, 0) is 0 Å². The van der Waals surface area contributed by atoms with Gasteiger partial charge in [-0.3, -0.25) is 4.40 Å². The maximum atomic E-state index is 15.3. The molecule has 1 unspecified atom stereocenters. The number of benzene rings is 1. The summed E-state index contributed by atoms with van der Waals surface area (Å²) in [7, 11) is 1.95. The molecule has 3 heterocycles. The van der Waals surface area contributed by atoms with E-state index in [4.69, 9.17) is 10.7 Å². The van der Waals surface area contributed by atoms with Gasteiger partial charge in [0.2, 0.25) is 0 Å². The van der Waals surface area contributed by atoms with Gasteiger partial charge in [-0.25, -0.2) is 14.4 Å². The molecule has 0 aliphatic heterocycles. The third-order valence-corrected chi connectivity index (χ3v) is 5.28. The van der Waals surface area contributed by atoms with E-state index in [0.29, 0.717) is 28.1 Å². The minimum atomic E-state index is -0.320. The van der Waals surface area contributed by atoms with Crippen LogP contribution in [0.25, 0.3) is 27.7 Å². The normalized spacial score (nSPS) is 12.0. The van der Waals surface area contributed by atoms with Crippen molar-refractivity contribution >= 4 is 22.2 Å². The maximum absolute atomic E-state index is 15.3. The van der Waals surface area contributed by atoms with E-state index in [1.807, 2.05) is 36.7 Å². The quantitative estimate of drug-likeness (QED) is 0.354. The lowest BCUT2D eigenvalue weighted by molar-refractivity contribution is 0.525. The van der Waals surface area contributed by atoms with Gasteiger partial charge in [0.15, 0.2) is 5.82 Å². The van der Waals surface area contributed by atoms with Gasteiger partial charge in [-0.1, -0.05) is 25.5 Å². The molecule has 4 aromatic rings. The average Bonchev–Trinajstić information content (AvgIpc) is 3.38. The number of imidazole rings is 1. The standard InChI is InChI=1S/C21H25FN6.C3H6/c1-3-4-14(7-9-24-2)21-27-18(19-20(23)26-11-12-28(19)21)15-6-5-13-8-10-25-17(13)16(15)22;1-3-2/h5-6,8,10-12,14,24-25H,3-4,7,9H2,1-2H3,(H2,23,26);3H,1H2,2H3. The first-order valence-corrected chi connectivity index (χ1v) is 10.7. The van der Waals surface area contributed by atoms with Crippen LogP contribution >= 0.6 is 0 Å². The molecule has 4 N–H and O–H groups in total. The van der Waals surface area contributed by atoms with Crippen LogP contribution in [0.5, 0.6) is 0 Å². The van der Waals surface area contributed by atoms with Gasteiger partial charge in [-0.15, -0.1) is 6.58 Å². The third kappa shape index (κ3) is 4.46. The lowest BCUT2D eigenvalue weighted by atomic mass is 9.99. The Bertz CT molecular complexity index is 1160. The largest absolute Gasteiger partial charge is 0.382 e. The van der Waals surface area contributed by atoms with Crippen LogP contribution in [0, 0.1) is 5.82 Å². The number of hydrogen-bond acceptors (Lipinski definition) is 4. The van der Waals surface area contributed by atoms with Crippen LogP contribution in [0.3, 0.4) is 0 Å². The number of nitrogen functional groups attached to an aromatic ring is 1. The van der Waals surface area contributed by atoms with E-state index in [0.717, 1.165) is 37.0 Å². The van der Waals surface area contributed by atoms with Crippen LogP contribution < -0.4 is 11.1 Å². The Labute approximate surface area is 182 Å². The van der Waals surface area contributed by atoms with E-state index in [2.05, 4.69) is 28.8 Å². The molecule has 6 nitrogen and oxygen atoms in total. The highest BCUT2D eigenvalue weighted by Gasteiger charge is 2.24. The Morgan fingerprint density at radius 3 is 2.81 bits per heavy atom. The van der Waals surface area contributed by atoms with Gasteiger partial charge in [-0.05, 0) is 45.5 Å². The second-order valence-corrected chi connectivity index (χ2v) is 7.50. The molecule has 31 heavy (non-hydrogen) atoms. The minimum Gasteiger partial charge on any atom is -0.382 e.